The maximum absolute atomic E-state index is 10.7. The summed E-state index contributed by atoms with van der Waals surface area (Å²) in [5, 5.41) is 10.7. The number of aryl methyl sites for hydroxylation is 1. The Hall–Kier alpha value is -1.42. The Balaban J connectivity index is 3.09. The Kier molecular flexibility index (Phi) is 3.19. The molecule has 0 saturated carbocycles. The van der Waals surface area contributed by atoms with Crippen molar-refractivity contribution in [2.24, 2.45) is 5.73 Å². The summed E-state index contributed by atoms with van der Waals surface area (Å²) in [7, 11) is 0. The zero-order chi connectivity index (χ0) is 10.7. The zero-order valence-electron chi connectivity index (χ0n) is 8.36. The first-order valence-electron chi connectivity index (χ1n) is 4.50. The molecule has 0 aliphatic heterocycles. The Bertz CT molecular complexity index is 348. The highest BCUT2D eigenvalue weighted by molar-refractivity contribution is 5.42. The van der Waals surface area contributed by atoms with Gasteiger partial charge < -0.3 is 5.73 Å². The molecule has 0 heterocycles. The van der Waals surface area contributed by atoms with E-state index in [9.17, 15) is 10.1 Å². The summed E-state index contributed by atoms with van der Waals surface area (Å²) in [6.07, 6.45) is 0.540. The molecule has 0 aliphatic rings. The van der Waals surface area contributed by atoms with Crippen LogP contribution in [0.2, 0.25) is 0 Å². The summed E-state index contributed by atoms with van der Waals surface area (Å²) in [5.74, 6) is 0. The van der Waals surface area contributed by atoms with Crippen molar-refractivity contribution in [2.75, 3.05) is 0 Å². The van der Waals surface area contributed by atoms with Crippen molar-refractivity contribution >= 4 is 5.69 Å². The van der Waals surface area contributed by atoms with E-state index in [0.29, 0.717) is 12.0 Å². The van der Waals surface area contributed by atoms with Crippen LogP contribution in [0, 0.1) is 17.0 Å². The summed E-state index contributed by atoms with van der Waals surface area (Å²) in [5.41, 5.74) is 7.51. The van der Waals surface area contributed by atoms with Crippen LogP contribution in [0.15, 0.2) is 18.2 Å². The van der Waals surface area contributed by atoms with Gasteiger partial charge in [0.15, 0.2) is 0 Å². The molecule has 0 radical (unpaired) electrons. The number of hydrogen-bond acceptors (Lipinski definition) is 3. The van der Waals surface area contributed by atoms with Crippen molar-refractivity contribution in [3.63, 3.8) is 0 Å². The topological polar surface area (TPSA) is 69.2 Å². The number of hydrogen-bond donors (Lipinski definition) is 1. The Morgan fingerprint density at radius 3 is 2.71 bits per heavy atom. The average molecular weight is 194 g/mol. The van der Waals surface area contributed by atoms with Crippen LogP contribution in [-0.2, 0) is 6.42 Å². The second-order valence-electron chi connectivity index (χ2n) is 3.57. The minimum Gasteiger partial charge on any atom is -0.328 e. The lowest BCUT2D eigenvalue weighted by molar-refractivity contribution is -0.385. The maximum Gasteiger partial charge on any atom is 0.272 e. The van der Waals surface area contributed by atoms with Crippen LogP contribution in [0.5, 0.6) is 0 Å². The molecule has 0 aliphatic carbocycles. The molecule has 1 atom stereocenters. The van der Waals surface area contributed by atoms with Crippen molar-refractivity contribution in [3.8, 4) is 0 Å². The molecule has 4 heteroatoms. The Morgan fingerprint density at radius 2 is 2.21 bits per heavy atom. The molecule has 14 heavy (non-hydrogen) atoms. The lowest BCUT2D eigenvalue weighted by Gasteiger charge is -2.06. The van der Waals surface area contributed by atoms with Gasteiger partial charge in [-0.1, -0.05) is 11.6 Å². The van der Waals surface area contributed by atoms with Crippen molar-refractivity contribution in [1.82, 2.24) is 0 Å². The predicted octanol–water partition coefficient (Wildman–Crippen LogP) is 1.79. The number of benzene rings is 1. The van der Waals surface area contributed by atoms with Gasteiger partial charge >= 0.3 is 0 Å². The van der Waals surface area contributed by atoms with E-state index < -0.39 is 0 Å². The molecule has 0 spiro atoms. The number of nitro groups is 1. The van der Waals surface area contributed by atoms with Gasteiger partial charge in [0.2, 0.25) is 0 Å². The van der Waals surface area contributed by atoms with Gasteiger partial charge in [0, 0.05) is 17.7 Å². The largest absolute Gasteiger partial charge is 0.328 e. The SMILES string of the molecule is Cc1ccc([N+](=O)[O-])c(C[C@@H](C)N)c1. The van der Waals surface area contributed by atoms with Gasteiger partial charge in [-0.2, -0.15) is 0 Å². The van der Waals surface area contributed by atoms with Gasteiger partial charge in [0.25, 0.3) is 5.69 Å². The van der Waals surface area contributed by atoms with E-state index in [1.165, 1.54) is 6.07 Å². The molecule has 1 aromatic carbocycles. The van der Waals surface area contributed by atoms with E-state index in [0.717, 1.165) is 5.56 Å². The minimum atomic E-state index is -0.364. The Morgan fingerprint density at radius 1 is 1.57 bits per heavy atom. The van der Waals surface area contributed by atoms with Crippen molar-refractivity contribution in [3.05, 3.63) is 39.4 Å². The molecule has 76 valence electrons. The second-order valence-corrected chi connectivity index (χ2v) is 3.57. The van der Waals surface area contributed by atoms with E-state index in [4.69, 9.17) is 5.73 Å². The summed E-state index contributed by atoms with van der Waals surface area (Å²) in [6, 6.07) is 5.03. The molecule has 0 aromatic heterocycles. The first-order valence-corrected chi connectivity index (χ1v) is 4.50. The molecule has 0 fully saturated rings. The van der Waals surface area contributed by atoms with Gasteiger partial charge in [-0.05, 0) is 26.3 Å². The third-order valence-corrected chi connectivity index (χ3v) is 1.97. The van der Waals surface area contributed by atoms with E-state index in [-0.39, 0.29) is 16.7 Å². The summed E-state index contributed by atoms with van der Waals surface area (Å²) >= 11 is 0. The number of rotatable bonds is 3. The zero-order valence-corrected chi connectivity index (χ0v) is 8.36. The van der Waals surface area contributed by atoms with Crippen LogP contribution in [0.4, 0.5) is 5.69 Å². The predicted molar refractivity (Wildman–Crippen MR) is 55.2 cm³/mol. The van der Waals surface area contributed by atoms with Crippen LogP contribution in [-0.4, -0.2) is 11.0 Å². The van der Waals surface area contributed by atoms with E-state index in [2.05, 4.69) is 0 Å². The highest BCUT2D eigenvalue weighted by Gasteiger charge is 2.13. The molecule has 0 amide bonds. The maximum atomic E-state index is 10.7. The lowest BCUT2D eigenvalue weighted by Crippen LogP contribution is -2.18. The highest BCUT2D eigenvalue weighted by atomic mass is 16.6. The normalized spacial score (nSPS) is 12.5. The van der Waals surface area contributed by atoms with Gasteiger partial charge in [-0.3, -0.25) is 10.1 Å². The summed E-state index contributed by atoms with van der Waals surface area (Å²) in [4.78, 5) is 10.3. The molecular formula is C10H14N2O2. The molecule has 0 unspecified atom stereocenters. The monoisotopic (exact) mass is 194 g/mol. The van der Waals surface area contributed by atoms with Crippen molar-refractivity contribution < 1.29 is 4.92 Å². The molecular weight excluding hydrogens is 180 g/mol. The van der Waals surface area contributed by atoms with E-state index in [1.54, 1.807) is 6.07 Å². The molecule has 4 nitrogen and oxygen atoms in total. The number of nitrogens with zero attached hydrogens (tertiary/aromatic N) is 1. The van der Waals surface area contributed by atoms with Gasteiger partial charge in [0.1, 0.15) is 0 Å². The summed E-state index contributed by atoms with van der Waals surface area (Å²) in [6.45, 7) is 3.75. The quantitative estimate of drug-likeness (QED) is 0.589. The fourth-order valence-corrected chi connectivity index (χ4v) is 1.40. The van der Waals surface area contributed by atoms with Crippen LogP contribution < -0.4 is 5.73 Å². The first kappa shape index (κ1) is 10.7. The number of nitrogens with two attached hydrogens (primary N) is 1. The average Bonchev–Trinajstić information content (AvgIpc) is 2.01. The molecule has 1 rings (SSSR count). The minimum absolute atomic E-state index is 0.0597. The van der Waals surface area contributed by atoms with Gasteiger partial charge in [0.05, 0.1) is 4.92 Å². The smallest absolute Gasteiger partial charge is 0.272 e. The van der Waals surface area contributed by atoms with Crippen LogP contribution in [0.1, 0.15) is 18.1 Å². The van der Waals surface area contributed by atoms with Gasteiger partial charge in [-0.25, -0.2) is 0 Å². The fourth-order valence-electron chi connectivity index (χ4n) is 1.40. The van der Waals surface area contributed by atoms with E-state index in [1.807, 2.05) is 19.9 Å². The van der Waals surface area contributed by atoms with Gasteiger partial charge in [-0.15, -0.1) is 0 Å². The second kappa shape index (κ2) is 4.19. The van der Waals surface area contributed by atoms with E-state index >= 15 is 0 Å². The third-order valence-electron chi connectivity index (χ3n) is 1.97. The summed E-state index contributed by atoms with van der Waals surface area (Å²) < 4.78 is 0. The van der Waals surface area contributed by atoms with Crippen molar-refractivity contribution in [2.45, 2.75) is 26.3 Å². The van der Waals surface area contributed by atoms with Crippen molar-refractivity contribution in [1.29, 1.82) is 0 Å². The standard InChI is InChI=1S/C10H14N2O2/c1-7-3-4-10(12(13)14)9(5-7)6-8(2)11/h3-5,8H,6,11H2,1-2H3/t8-/m1/s1. The fraction of sp³-hybridized carbons (Fsp3) is 0.400. The van der Waals surface area contributed by atoms with Crippen LogP contribution in [0.3, 0.4) is 0 Å². The third kappa shape index (κ3) is 2.53. The van der Waals surface area contributed by atoms with Crippen LogP contribution >= 0.6 is 0 Å². The molecule has 0 saturated heterocycles. The first-order chi connectivity index (χ1) is 6.50. The Labute approximate surface area is 82.9 Å². The molecule has 2 N–H and O–H groups in total. The molecule has 1 aromatic rings. The molecule has 0 bridgehead atoms. The van der Waals surface area contributed by atoms with Crippen LogP contribution in [0.25, 0.3) is 0 Å². The highest BCUT2D eigenvalue weighted by Crippen LogP contribution is 2.20. The lowest BCUT2D eigenvalue weighted by atomic mass is 10.0. The number of nitro benzene ring substituents is 1.